The van der Waals surface area contributed by atoms with Crippen molar-refractivity contribution in [2.24, 2.45) is 0 Å². The van der Waals surface area contributed by atoms with Gasteiger partial charge >= 0.3 is 0 Å². The zero-order valence-corrected chi connectivity index (χ0v) is 21.2. The Morgan fingerprint density at radius 2 is 1.05 bits per heavy atom. The second-order valence-corrected chi connectivity index (χ2v) is 10.6. The van der Waals surface area contributed by atoms with Crippen LogP contribution in [-0.4, -0.2) is 0 Å². The lowest BCUT2D eigenvalue weighted by Gasteiger charge is -2.15. The molecule has 0 spiro atoms. The molecular weight excluding hydrogens is 456 g/mol. The first kappa shape index (κ1) is 21.4. The zero-order chi connectivity index (χ0) is 25.4. The van der Waals surface area contributed by atoms with E-state index in [4.69, 9.17) is 0 Å². The summed E-state index contributed by atoms with van der Waals surface area (Å²) in [6, 6.07) is 36.9. The molecule has 0 amide bonds. The highest BCUT2D eigenvalue weighted by atomic mass is 14.3. The Morgan fingerprint density at radius 1 is 0.447 bits per heavy atom. The van der Waals surface area contributed by atoms with Crippen LogP contribution in [0.1, 0.15) is 22.3 Å². The molecule has 2 aliphatic rings. The van der Waals surface area contributed by atoms with Gasteiger partial charge in [-0.15, -0.1) is 0 Å². The van der Waals surface area contributed by atoms with Crippen molar-refractivity contribution in [2.45, 2.75) is 12.8 Å². The minimum absolute atomic E-state index is 1.02. The summed E-state index contributed by atoms with van der Waals surface area (Å²) in [6.07, 6.45) is 5.33. The van der Waals surface area contributed by atoms with E-state index in [0.717, 1.165) is 12.8 Å². The Balaban J connectivity index is 0.000000529. The average molecular weight is 483 g/mol. The SMILES string of the molecule is C=CC=C.c1ccc2c3c(ccc2c1)Cc1cc2c(cc1-3)Cc1cc3ccc4cccc5ccc(c1-2)c3c45. The lowest BCUT2D eigenvalue weighted by molar-refractivity contribution is 1.24. The van der Waals surface area contributed by atoms with Crippen molar-refractivity contribution in [1.29, 1.82) is 0 Å². The van der Waals surface area contributed by atoms with E-state index in [2.05, 4.69) is 110 Å². The van der Waals surface area contributed by atoms with Crippen LogP contribution in [0.15, 0.2) is 122 Å². The summed E-state index contributed by atoms with van der Waals surface area (Å²) in [5.41, 5.74) is 11.7. The second-order valence-electron chi connectivity index (χ2n) is 10.6. The van der Waals surface area contributed by atoms with E-state index in [1.807, 2.05) is 0 Å². The molecule has 0 saturated heterocycles. The zero-order valence-electron chi connectivity index (χ0n) is 21.2. The molecule has 0 fully saturated rings. The molecule has 0 bridgehead atoms. The molecule has 0 aromatic heterocycles. The van der Waals surface area contributed by atoms with Gasteiger partial charge in [0.2, 0.25) is 0 Å². The fourth-order valence-corrected chi connectivity index (χ4v) is 6.97. The highest BCUT2D eigenvalue weighted by Gasteiger charge is 2.28. The van der Waals surface area contributed by atoms with E-state index >= 15 is 0 Å². The Labute approximate surface area is 222 Å². The maximum absolute atomic E-state index is 3.36. The molecule has 7 aromatic carbocycles. The average Bonchev–Trinajstić information content (AvgIpc) is 3.51. The van der Waals surface area contributed by atoms with E-state index < -0.39 is 0 Å². The van der Waals surface area contributed by atoms with Crippen LogP contribution in [0.5, 0.6) is 0 Å². The summed E-state index contributed by atoms with van der Waals surface area (Å²) < 4.78 is 0. The summed E-state index contributed by atoms with van der Waals surface area (Å²) in [5, 5.41) is 11.0. The molecule has 0 unspecified atom stereocenters. The number of hydrogen-bond donors (Lipinski definition) is 0. The first-order chi connectivity index (χ1) is 18.7. The molecule has 178 valence electrons. The van der Waals surface area contributed by atoms with Gasteiger partial charge in [-0.2, -0.15) is 0 Å². The molecule has 0 saturated carbocycles. The molecular formula is C38H26. The normalized spacial score (nSPS) is 12.7. The van der Waals surface area contributed by atoms with Gasteiger partial charge in [0.25, 0.3) is 0 Å². The van der Waals surface area contributed by atoms with E-state index in [0.29, 0.717) is 0 Å². The minimum atomic E-state index is 1.02. The number of fused-ring (bicyclic) bond motifs is 9. The molecule has 0 nitrogen and oxygen atoms in total. The van der Waals surface area contributed by atoms with E-state index in [1.165, 1.54) is 87.6 Å². The lowest BCUT2D eigenvalue weighted by Crippen LogP contribution is -1.89. The summed E-state index contributed by atoms with van der Waals surface area (Å²) in [7, 11) is 0. The van der Waals surface area contributed by atoms with Gasteiger partial charge in [0, 0.05) is 0 Å². The van der Waals surface area contributed by atoms with Crippen LogP contribution in [0.2, 0.25) is 0 Å². The third-order valence-corrected chi connectivity index (χ3v) is 8.54. The molecule has 0 heterocycles. The Bertz CT molecular complexity index is 2080. The summed E-state index contributed by atoms with van der Waals surface area (Å²) in [4.78, 5) is 0. The van der Waals surface area contributed by atoms with Gasteiger partial charge in [-0.1, -0.05) is 110 Å². The van der Waals surface area contributed by atoms with Crippen molar-refractivity contribution in [3.8, 4) is 22.3 Å². The van der Waals surface area contributed by atoms with E-state index in [9.17, 15) is 0 Å². The first-order valence-electron chi connectivity index (χ1n) is 13.3. The van der Waals surface area contributed by atoms with Gasteiger partial charge in [0.15, 0.2) is 0 Å². The topological polar surface area (TPSA) is 0 Å². The molecule has 0 heteroatoms. The predicted molar refractivity (Wildman–Crippen MR) is 165 cm³/mol. The smallest absolute Gasteiger partial charge is 0.00128 e. The molecule has 0 radical (unpaired) electrons. The van der Waals surface area contributed by atoms with Crippen LogP contribution in [0.4, 0.5) is 0 Å². The van der Waals surface area contributed by atoms with E-state index in [-0.39, 0.29) is 0 Å². The van der Waals surface area contributed by atoms with Gasteiger partial charge < -0.3 is 0 Å². The molecule has 0 N–H and O–H groups in total. The number of allylic oxidation sites excluding steroid dienone is 2. The molecule has 38 heavy (non-hydrogen) atoms. The van der Waals surface area contributed by atoms with Crippen molar-refractivity contribution >= 4 is 43.1 Å². The van der Waals surface area contributed by atoms with Crippen molar-refractivity contribution in [1.82, 2.24) is 0 Å². The van der Waals surface area contributed by atoms with Crippen molar-refractivity contribution in [3.05, 3.63) is 145 Å². The molecule has 2 aliphatic carbocycles. The second kappa shape index (κ2) is 7.91. The van der Waals surface area contributed by atoms with Crippen LogP contribution in [0.25, 0.3) is 65.3 Å². The van der Waals surface area contributed by atoms with Gasteiger partial charge in [0.05, 0.1) is 0 Å². The Kier molecular flexibility index (Phi) is 4.46. The third-order valence-electron chi connectivity index (χ3n) is 8.54. The molecule has 0 aliphatic heterocycles. The highest BCUT2D eigenvalue weighted by molar-refractivity contribution is 6.26. The molecule has 9 rings (SSSR count). The maximum Gasteiger partial charge on any atom is -0.00128 e. The van der Waals surface area contributed by atoms with Crippen LogP contribution in [0.3, 0.4) is 0 Å². The number of hydrogen-bond acceptors (Lipinski definition) is 0. The van der Waals surface area contributed by atoms with E-state index in [1.54, 1.807) is 12.2 Å². The minimum Gasteiger partial charge on any atom is -0.0991 e. The predicted octanol–water partition coefficient (Wildman–Crippen LogP) is 10.2. The summed E-state index contributed by atoms with van der Waals surface area (Å²) in [5.74, 6) is 0. The fraction of sp³-hybridized carbons (Fsp3) is 0.0526. The summed E-state index contributed by atoms with van der Waals surface area (Å²) >= 11 is 0. The lowest BCUT2D eigenvalue weighted by atomic mass is 9.89. The Morgan fingerprint density at radius 3 is 1.82 bits per heavy atom. The van der Waals surface area contributed by atoms with Crippen LogP contribution >= 0.6 is 0 Å². The van der Waals surface area contributed by atoms with Gasteiger partial charge in [-0.05, 0) is 113 Å². The summed E-state index contributed by atoms with van der Waals surface area (Å²) in [6.45, 7) is 6.72. The maximum atomic E-state index is 3.36. The fourth-order valence-electron chi connectivity index (χ4n) is 6.97. The van der Waals surface area contributed by atoms with Gasteiger partial charge in [0.1, 0.15) is 0 Å². The molecule has 0 atom stereocenters. The monoisotopic (exact) mass is 482 g/mol. The van der Waals surface area contributed by atoms with Crippen molar-refractivity contribution in [2.75, 3.05) is 0 Å². The third kappa shape index (κ3) is 2.86. The van der Waals surface area contributed by atoms with Gasteiger partial charge in [-0.25, -0.2) is 0 Å². The highest BCUT2D eigenvalue weighted by Crippen LogP contribution is 2.50. The molecule has 7 aromatic rings. The van der Waals surface area contributed by atoms with Crippen LogP contribution < -0.4 is 0 Å². The van der Waals surface area contributed by atoms with Crippen molar-refractivity contribution in [3.63, 3.8) is 0 Å². The van der Waals surface area contributed by atoms with Crippen LogP contribution in [-0.2, 0) is 12.8 Å². The van der Waals surface area contributed by atoms with Crippen molar-refractivity contribution < 1.29 is 0 Å². The van der Waals surface area contributed by atoms with Gasteiger partial charge in [-0.3, -0.25) is 0 Å². The number of rotatable bonds is 1. The standard InChI is InChI=1S/C34H20.C4H6/c1-2-7-27-19(4-1)8-10-22-14-24-17-30-25(18-29(24)32(22)27)16-26-15-23-11-9-20-5-3-6-21-12-13-28(33(26)30)34(23)31(20)21;1-3-4-2/h1-13,15,17-18H,14,16H2;3-4H,1-2H2. The quantitative estimate of drug-likeness (QED) is 0.161. The van der Waals surface area contributed by atoms with Crippen LogP contribution in [0, 0.1) is 0 Å². The largest absolute Gasteiger partial charge is 0.0991 e. The first-order valence-corrected chi connectivity index (χ1v) is 13.3. The number of benzene rings is 7. The Hall–Kier alpha value is -4.68.